The van der Waals surface area contributed by atoms with Crippen LogP contribution < -0.4 is 11.1 Å². The average Bonchev–Trinajstić information content (AvgIpc) is 3.71. The minimum atomic E-state index is -1.28. The van der Waals surface area contributed by atoms with Crippen molar-refractivity contribution in [3.63, 3.8) is 0 Å². The molecular weight excluding hydrogens is 598 g/mol. The van der Waals surface area contributed by atoms with Crippen LogP contribution in [0.2, 0.25) is 0 Å². The first-order chi connectivity index (χ1) is 19.7. The van der Waals surface area contributed by atoms with Gasteiger partial charge in [0.1, 0.15) is 28.9 Å². The molecule has 0 saturated carbocycles. The number of carbonyl (C=O) groups is 4. The number of thioether (sulfide) groups is 2. The number of nitrogens with two attached hydrogens (primary N) is 1. The number of nitrogen functional groups attached to an aromatic ring is 1. The van der Waals surface area contributed by atoms with Gasteiger partial charge in [-0.2, -0.15) is 0 Å². The minimum absolute atomic E-state index is 0.0551. The molecule has 19 heteroatoms. The fourth-order valence-corrected chi connectivity index (χ4v) is 7.15. The second-order valence-electron chi connectivity index (χ2n) is 8.90. The van der Waals surface area contributed by atoms with E-state index in [2.05, 4.69) is 31.0 Å². The van der Waals surface area contributed by atoms with E-state index in [1.54, 1.807) is 5.38 Å². The molecule has 2 aliphatic heterocycles. The number of amides is 2. The lowest BCUT2D eigenvalue weighted by Gasteiger charge is -2.49. The standard InChI is InChI=1S/C22H23N9O7S3/c23-21-24-12(9-40-21)14(27-38-11-3-1-2-4-11)17(34)25-15-18(35)31-16(20(36)37)10(7-39-19(15)31)8-41-22-26-28-29-30(22)6-5-13(32)33/h1,3,9,11,15,19H,2,4-8H2,(H2,23,24)(H,25,34)(H,32,33)(H,36,37)/t11?,15?,19-/m1/s1. The highest BCUT2D eigenvalue weighted by molar-refractivity contribution is 8.01. The number of aliphatic carboxylic acids is 2. The quantitative estimate of drug-likeness (QED) is 0.0814. The van der Waals surface area contributed by atoms with Gasteiger partial charge in [0.2, 0.25) is 5.16 Å². The van der Waals surface area contributed by atoms with Gasteiger partial charge in [-0.15, -0.1) is 28.2 Å². The molecular formula is C22H23N9O7S3. The van der Waals surface area contributed by atoms with Crippen molar-refractivity contribution < 1.29 is 34.2 Å². The Morgan fingerprint density at radius 1 is 1.32 bits per heavy atom. The maximum Gasteiger partial charge on any atom is 0.352 e. The summed E-state index contributed by atoms with van der Waals surface area (Å²) in [7, 11) is 0. The number of thiazole rings is 1. The van der Waals surface area contributed by atoms with E-state index in [1.807, 2.05) is 12.2 Å². The Morgan fingerprint density at radius 2 is 2.15 bits per heavy atom. The van der Waals surface area contributed by atoms with Crippen molar-refractivity contribution in [1.29, 1.82) is 0 Å². The molecule has 0 bridgehead atoms. The number of aromatic nitrogens is 5. The van der Waals surface area contributed by atoms with Crippen LogP contribution in [0.4, 0.5) is 5.13 Å². The van der Waals surface area contributed by atoms with Crippen LogP contribution in [0.25, 0.3) is 0 Å². The van der Waals surface area contributed by atoms with Crippen LogP contribution >= 0.6 is 34.9 Å². The summed E-state index contributed by atoms with van der Waals surface area (Å²) in [5.74, 6) is -3.15. The Kier molecular flexibility index (Phi) is 8.54. The fraction of sp³-hybridized carbons (Fsp3) is 0.409. The molecule has 1 fully saturated rings. The average molecular weight is 622 g/mol. The molecule has 1 aliphatic carbocycles. The van der Waals surface area contributed by atoms with Gasteiger partial charge in [-0.3, -0.25) is 19.3 Å². The van der Waals surface area contributed by atoms with E-state index in [1.165, 1.54) is 16.4 Å². The van der Waals surface area contributed by atoms with E-state index in [0.717, 1.165) is 34.4 Å². The number of carbonyl (C=O) groups excluding carboxylic acids is 2. The van der Waals surface area contributed by atoms with Gasteiger partial charge >= 0.3 is 11.9 Å². The number of aryl methyl sites for hydroxylation is 1. The van der Waals surface area contributed by atoms with Crippen LogP contribution in [0, 0.1) is 0 Å². The molecule has 3 atom stereocenters. The van der Waals surface area contributed by atoms with Gasteiger partial charge < -0.3 is 26.1 Å². The Bertz CT molecular complexity index is 1470. The summed E-state index contributed by atoms with van der Waals surface area (Å²) in [5.41, 5.74) is 6.09. The third-order valence-electron chi connectivity index (χ3n) is 6.18. The van der Waals surface area contributed by atoms with Crippen LogP contribution in [0.1, 0.15) is 25.0 Å². The molecule has 216 valence electrons. The second kappa shape index (κ2) is 12.3. The summed E-state index contributed by atoms with van der Waals surface area (Å²) in [6.45, 7) is 0.0551. The van der Waals surface area contributed by atoms with Gasteiger partial charge in [-0.1, -0.05) is 23.0 Å². The normalized spacial score (nSPS) is 22.0. The van der Waals surface area contributed by atoms with Gasteiger partial charge in [-0.05, 0) is 34.9 Å². The lowest BCUT2D eigenvalue weighted by molar-refractivity contribution is -0.150. The summed E-state index contributed by atoms with van der Waals surface area (Å²) in [5, 5.41) is 38.2. The van der Waals surface area contributed by atoms with E-state index in [0.29, 0.717) is 17.2 Å². The number of rotatable bonds is 12. The molecule has 5 rings (SSSR count). The van der Waals surface area contributed by atoms with Crippen LogP contribution in [0.3, 0.4) is 0 Å². The molecule has 2 unspecified atom stereocenters. The van der Waals surface area contributed by atoms with E-state index >= 15 is 0 Å². The van der Waals surface area contributed by atoms with E-state index in [9.17, 15) is 24.3 Å². The topological polar surface area (TPSA) is 228 Å². The third kappa shape index (κ3) is 6.20. The Morgan fingerprint density at radius 3 is 2.83 bits per heavy atom. The number of hydrogen-bond donors (Lipinski definition) is 4. The predicted octanol–water partition coefficient (Wildman–Crippen LogP) is 0.157. The molecule has 2 amide bonds. The van der Waals surface area contributed by atoms with Crippen molar-refractivity contribution in [2.45, 2.75) is 48.5 Å². The lowest BCUT2D eigenvalue weighted by atomic mass is 10.0. The summed E-state index contributed by atoms with van der Waals surface area (Å²) in [4.78, 5) is 60.2. The SMILES string of the molecule is Nc1nc(C(=NOC2C=CCC2)C(=O)NC2C(=O)N3C(C(=O)O)=C(CSc4nnnn4CCC(=O)O)CS[C@H]23)cs1. The molecule has 2 aromatic heterocycles. The highest BCUT2D eigenvalue weighted by Gasteiger charge is 2.54. The van der Waals surface area contributed by atoms with Crippen LogP contribution in [-0.2, 0) is 30.6 Å². The number of hydrogen-bond acceptors (Lipinski definition) is 14. The number of allylic oxidation sites excluding steroid dienone is 1. The number of tetrazole rings is 1. The van der Waals surface area contributed by atoms with Crippen LogP contribution in [-0.4, -0.2) is 98.8 Å². The van der Waals surface area contributed by atoms with Crippen LogP contribution in [0.15, 0.2) is 39.1 Å². The summed E-state index contributed by atoms with van der Waals surface area (Å²) in [6, 6.07) is -0.994. The lowest BCUT2D eigenvalue weighted by Crippen LogP contribution is -2.71. The first-order valence-electron chi connectivity index (χ1n) is 12.2. The van der Waals surface area contributed by atoms with Crippen molar-refractivity contribution in [3.05, 3.63) is 34.5 Å². The smallest absolute Gasteiger partial charge is 0.352 e. The zero-order chi connectivity index (χ0) is 29.1. The second-order valence-corrected chi connectivity index (χ2v) is 11.8. The maximum atomic E-state index is 13.2. The summed E-state index contributed by atoms with van der Waals surface area (Å²) < 4.78 is 1.32. The largest absolute Gasteiger partial charge is 0.481 e. The molecule has 2 aromatic rings. The van der Waals surface area contributed by atoms with Gasteiger partial charge in [-0.25, -0.2) is 14.5 Å². The van der Waals surface area contributed by atoms with E-state index in [4.69, 9.17) is 15.7 Å². The molecule has 0 radical (unpaired) electrons. The van der Waals surface area contributed by atoms with E-state index in [-0.39, 0.29) is 52.8 Å². The number of nitrogens with zero attached hydrogens (tertiary/aromatic N) is 7. The Labute approximate surface area is 244 Å². The molecule has 16 nitrogen and oxygen atoms in total. The fourth-order valence-electron chi connectivity index (χ4n) is 4.21. The van der Waals surface area contributed by atoms with Crippen molar-refractivity contribution in [2.24, 2.45) is 5.16 Å². The molecule has 41 heavy (non-hydrogen) atoms. The first-order valence-corrected chi connectivity index (χ1v) is 15.1. The molecule has 0 aromatic carbocycles. The predicted molar refractivity (Wildman–Crippen MR) is 147 cm³/mol. The molecule has 0 spiro atoms. The molecule has 3 aliphatic rings. The Balaban J connectivity index is 1.28. The number of carboxylic acid groups (broad SMARTS) is 2. The highest BCUT2D eigenvalue weighted by atomic mass is 32.2. The third-order valence-corrected chi connectivity index (χ3v) is 9.23. The summed E-state index contributed by atoms with van der Waals surface area (Å²) >= 11 is 3.56. The zero-order valence-electron chi connectivity index (χ0n) is 21.1. The van der Waals surface area contributed by atoms with Gasteiger partial charge in [0.15, 0.2) is 10.8 Å². The van der Waals surface area contributed by atoms with Gasteiger partial charge in [0, 0.05) is 16.9 Å². The first kappa shape index (κ1) is 28.6. The summed E-state index contributed by atoms with van der Waals surface area (Å²) in [6.07, 6.45) is 4.87. The van der Waals surface area contributed by atoms with Crippen molar-refractivity contribution in [2.75, 3.05) is 17.2 Å². The zero-order valence-corrected chi connectivity index (χ0v) is 23.5. The maximum absolute atomic E-state index is 13.2. The highest BCUT2D eigenvalue weighted by Crippen LogP contribution is 2.41. The number of β-lactam (4-membered cyclic amide) rings is 1. The number of oxime groups is 1. The van der Waals surface area contributed by atoms with E-state index < -0.39 is 35.2 Å². The monoisotopic (exact) mass is 621 g/mol. The number of anilines is 1. The minimum Gasteiger partial charge on any atom is -0.481 e. The number of carboxylic acids is 2. The molecule has 5 N–H and O–H groups in total. The van der Waals surface area contributed by atoms with Gasteiger partial charge in [0.05, 0.1) is 13.0 Å². The number of nitrogens with one attached hydrogen (secondary N) is 1. The van der Waals surface area contributed by atoms with Crippen molar-refractivity contribution in [1.82, 2.24) is 35.4 Å². The van der Waals surface area contributed by atoms with Crippen LogP contribution in [0.5, 0.6) is 0 Å². The molecule has 1 saturated heterocycles. The number of fused-ring (bicyclic) bond motifs is 1. The van der Waals surface area contributed by atoms with Crippen molar-refractivity contribution in [3.8, 4) is 0 Å². The Hall–Kier alpha value is -3.97. The molecule has 4 heterocycles. The van der Waals surface area contributed by atoms with Crippen molar-refractivity contribution >= 4 is 69.5 Å². The van der Waals surface area contributed by atoms with Gasteiger partial charge in [0.25, 0.3) is 11.8 Å².